The normalized spacial score (nSPS) is 18.5. The van der Waals surface area contributed by atoms with E-state index in [2.05, 4.69) is 10.2 Å². The second-order valence-electron chi connectivity index (χ2n) is 5.54. The molecule has 0 spiro atoms. The second-order valence-corrected chi connectivity index (χ2v) is 5.54. The molecule has 1 atom stereocenters. The number of alkyl halides is 3. The van der Waals surface area contributed by atoms with E-state index in [1.54, 1.807) is 6.07 Å². The summed E-state index contributed by atoms with van der Waals surface area (Å²) in [6.45, 7) is 3.16. The Bertz CT molecular complexity index is 526. The Kier molecular flexibility index (Phi) is 7.92. The fraction of sp³-hybridized carbons (Fsp3) is 0.600. The molecule has 1 aromatic rings. The maximum Gasteiger partial charge on any atom is 0.389 e. The van der Waals surface area contributed by atoms with E-state index in [1.807, 2.05) is 12.1 Å². The zero-order chi connectivity index (χ0) is 15.6. The van der Waals surface area contributed by atoms with E-state index in [0.29, 0.717) is 11.5 Å². The van der Waals surface area contributed by atoms with Crippen molar-refractivity contribution in [3.63, 3.8) is 0 Å². The van der Waals surface area contributed by atoms with Crippen LogP contribution in [-0.2, 0) is 0 Å². The van der Waals surface area contributed by atoms with Crippen LogP contribution in [0.1, 0.15) is 24.4 Å². The van der Waals surface area contributed by atoms with E-state index in [0.717, 1.165) is 31.7 Å². The number of fused-ring (bicyclic) bond motifs is 1. The minimum Gasteiger partial charge on any atom is -0.454 e. The lowest BCUT2D eigenvalue weighted by atomic mass is 9.98. The van der Waals surface area contributed by atoms with Gasteiger partial charge in [0.1, 0.15) is 0 Å². The van der Waals surface area contributed by atoms with Crippen LogP contribution in [0, 0.1) is 0 Å². The van der Waals surface area contributed by atoms with Crippen LogP contribution >= 0.6 is 24.8 Å². The summed E-state index contributed by atoms with van der Waals surface area (Å²) in [5, 5.41) is 3.23. The lowest BCUT2D eigenvalue weighted by Gasteiger charge is -2.35. The third-order valence-corrected chi connectivity index (χ3v) is 4.08. The van der Waals surface area contributed by atoms with Crippen molar-refractivity contribution in [2.75, 3.05) is 33.0 Å². The first-order chi connectivity index (χ1) is 10.5. The van der Waals surface area contributed by atoms with E-state index in [9.17, 15) is 13.2 Å². The van der Waals surface area contributed by atoms with Crippen molar-refractivity contribution < 1.29 is 22.6 Å². The van der Waals surface area contributed by atoms with Gasteiger partial charge in [0, 0.05) is 44.2 Å². The summed E-state index contributed by atoms with van der Waals surface area (Å²) in [5.41, 5.74) is 0.793. The molecule has 0 saturated carbocycles. The molecule has 0 bridgehead atoms. The van der Waals surface area contributed by atoms with Crippen molar-refractivity contribution in [1.82, 2.24) is 10.2 Å². The van der Waals surface area contributed by atoms with Crippen LogP contribution in [0.2, 0.25) is 0 Å². The number of piperazine rings is 1. The van der Waals surface area contributed by atoms with Gasteiger partial charge < -0.3 is 14.8 Å². The highest BCUT2D eigenvalue weighted by Gasteiger charge is 2.33. The SMILES string of the molecule is Cl.Cl.FC(F)(F)CC[C@H](c1cccc2c1OCO2)N1CCNCC1. The lowest BCUT2D eigenvalue weighted by Crippen LogP contribution is -2.45. The maximum atomic E-state index is 12.7. The molecule has 24 heavy (non-hydrogen) atoms. The molecule has 0 aliphatic carbocycles. The number of halogens is 5. The van der Waals surface area contributed by atoms with Gasteiger partial charge in [0.25, 0.3) is 0 Å². The Labute approximate surface area is 151 Å². The highest BCUT2D eigenvalue weighted by Crippen LogP contribution is 2.42. The summed E-state index contributed by atoms with van der Waals surface area (Å²) in [7, 11) is 0. The number of ether oxygens (including phenoxy) is 2. The minimum atomic E-state index is -4.15. The van der Waals surface area contributed by atoms with E-state index in [4.69, 9.17) is 9.47 Å². The molecule has 4 nitrogen and oxygen atoms in total. The van der Waals surface area contributed by atoms with E-state index in [1.165, 1.54) is 0 Å². The number of rotatable bonds is 4. The molecule has 2 aliphatic heterocycles. The first-order valence-corrected chi connectivity index (χ1v) is 7.44. The summed E-state index contributed by atoms with van der Waals surface area (Å²) < 4.78 is 48.9. The molecule has 3 rings (SSSR count). The number of hydrogen-bond acceptors (Lipinski definition) is 4. The fourth-order valence-electron chi connectivity index (χ4n) is 3.04. The molecule has 0 amide bonds. The molecule has 1 aromatic carbocycles. The third-order valence-electron chi connectivity index (χ3n) is 4.08. The Hall–Kier alpha value is -0.890. The molecule has 1 fully saturated rings. The second kappa shape index (κ2) is 8.99. The number of nitrogens with zero attached hydrogens (tertiary/aromatic N) is 1. The summed E-state index contributed by atoms with van der Waals surface area (Å²) >= 11 is 0. The zero-order valence-corrected chi connectivity index (χ0v) is 14.6. The van der Waals surface area contributed by atoms with Crippen LogP contribution in [-0.4, -0.2) is 44.0 Å². The Balaban J connectivity index is 0.00000144. The van der Waals surface area contributed by atoms with Crippen molar-refractivity contribution in [1.29, 1.82) is 0 Å². The average Bonchev–Trinajstić information content (AvgIpc) is 2.96. The predicted molar refractivity (Wildman–Crippen MR) is 89.5 cm³/mol. The van der Waals surface area contributed by atoms with Crippen molar-refractivity contribution >= 4 is 24.8 Å². The van der Waals surface area contributed by atoms with Gasteiger partial charge in [0.05, 0.1) is 0 Å². The van der Waals surface area contributed by atoms with Gasteiger partial charge in [0.2, 0.25) is 6.79 Å². The van der Waals surface area contributed by atoms with Gasteiger partial charge in [-0.2, -0.15) is 13.2 Å². The highest BCUT2D eigenvalue weighted by molar-refractivity contribution is 5.85. The quantitative estimate of drug-likeness (QED) is 0.854. The van der Waals surface area contributed by atoms with Crippen LogP contribution in [0.25, 0.3) is 0 Å². The third kappa shape index (κ3) is 5.05. The maximum absolute atomic E-state index is 12.7. The van der Waals surface area contributed by atoms with E-state index in [-0.39, 0.29) is 44.1 Å². The molecule has 0 radical (unpaired) electrons. The monoisotopic (exact) mass is 388 g/mol. The number of hydrogen-bond donors (Lipinski definition) is 1. The predicted octanol–water partition coefficient (Wildman–Crippen LogP) is 3.55. The smallest absolute Gasteiger partial charge is 0.389 e. The molecule has 2 aliphatic rings. The largest absolute Gasteiger partial charge is 0.454 e. The van der Waals surface area contributed by atoms with Gasteiger partial charge in [-0.25, -0.2) is 0 Å². The Morgan fingerprint density at radius 3 is 2.50 bits per heavy atom. The van der Waals surface area contributed by atoms with Gasteiger partial charge in [-0.15, -0.1) is 24.8 Å². The molecule has 138 valence electrons. The molecule has 0 unspecified atom stereocenters. The summed E-state index contributed by atoms with van der Waals surface area (Å²) in [6.07, 6.45) is -4.92. The molecule has 9 heteroatoms. The zero-order valence-electron chi connectivity index (χ0n) is 13.0. The summed E-state index contributed by atoms with van der Waals surface area (Å²) in [6, 6.07) is 5.13. The molecule has 0 aromatic heterocycles. The Morgan fingerprint density at radius 2 is 1.83 bits per heavy atom. The number of benzene rings is 1. The summed E-state index contributed by atoms with van der Waals surface area (Å²) in [5.74, 6) is 1.21. The highest BCUT2D eigenvalue weighted by atomic mass is 35.5. The first kappa shape index (κ1) is 21.2. The minimum absolute atomic E-state index is 0. The molecule has 2 heterocycles. The van der Waals surface area contributed by atoms with E-state index >= 15 is 0 Å². The van der Waals surface area contributed by atoms with Gasteiger partial charge in [-0.1, -0.05) is 12.1 Å². The first-order valence-electron chi connectivity index (χ1n) is 7.44. The molecule has 1 N–H and O–H groups in total. The summed E-state index contributed by atoms with van der Waals surface area (Å²) in [4.78, 5) is 2.10. The van der Waals surface area contributed by atoms with Gasteiger partial charge in [0.15, 0.2) is 11.5 Å². The molecular weight excluding hydrogens is 368 g/mol. The fourth-order valence-corrected chi connectivity index (χ4v) is 3.04. The standard InChI is InChI=1S/C15H19F3N2O2.2ClH/c16-15(17,18)5-4-12(20-8-6-19-7-9-20)11-2-1-3-13-14(11)22-10-21-13;;/h1-3,12,19H,4-10H2;2*1H/t12-;;/m1../s1. The van der Waals surface area contributed by atoms with E-state index < -0.39 is 12.6 Å². The van der Waals surface area contributed by atoms with Crippen molar-refractivity contribution in [2.24, 2.45) is 0 Å². The van der Waals surface area contributed by atoms with Crippen molar-refractivity contribution in [3.05, 3.63) is 23.8 Å². The number of para-hydroxylation sites is 1. The van der Waals surface area contributed by atoms with Gasteiger partial charge in [-0.3, -0.25) is 4.90 Å². The van der Waals surface area contributed by atoms with Crippen LogP contribution in [0.15, 0.2) is 18.2 Å². The topological polar surface area (TPSA) is 33.7 Å². The molecular formula is C15H21Cl2F3N2O2. The molecule has 1 saturated heterocycles. The number of nitrogens with one attached hydrogen (secondary N) is 1. The van der Waals surface area contributed by atoms with Crippen LogP contribution in [0.5, 0.6) is 11.5 Å². The van der Waals surface area contributed by atoms with Gasteiger partial charge >= 0.3 is 6.18 Å². The van der Waals surface area contributed by atoms with Crippen LogP contribution in [0.3, 0.4) is 0 Å². The van der Waals surface area contributed by atoms with Crippen LogP contribution in [0.4, 0.5) is 13.2 Å². The lowest BCUT2D eigenvalue weighted by molar-refractivity contribution is -0.138. The van der Waals surface area contributed by atoms with Crippen molar-refractivity contribution in [3.8, 4) is 11.5 Å². The van der Waals surface area contributed by atoms with Crippen LogP contribution < -0.4 is 14.8 Å². The average molecular weight is 389 g/mol. The Morgan fingerprint density at radius 1 is 1.12 bits per heavy atom. The van der Waals surface area contributed by atoms with Crippen molar-refractivity contribution in [2.45, 2.75) is 25.1 Å². The van der Waals surface area contributed by atoms with Gasteiger partial charge in [-0.05, 0) is 12.5 Å².